The Morgan fingerprint density at radius 1 is 0.917 bits per heavy atom. The van der Waals surface area contributed by atoms with Crippen molar-refractivity contribution in [1.82, 2.24) is 0 Å². The molecule has 0 bridgehead atoms. The first-order chi connectivity index (χ1) is 10.9. The summed E-state index contributed by atoms with van der Waals surface area (Å²) in [6, 6.07) is 3.55. The Kier molecular flexibility index (Phi) is 8.63. The van der Waals surface area contributed by atoms with Crippen LogP contribution >= 0.6 is 11.3 Å². The third-order valence-electron chi connectivity index (χ3n) is 3.89. The molecule has 0 atom stereocenters. The second-order valence-corrected chi connectivity index (χ2v) is 22.5. The molecule has 1 heterocycles. The monoisotopic (exact) mass is 402 g/mol. The highest BCUT2D eigenvalue weighted by Crippen LogP contribution is 2.26. The standard InChI is InChI=1S/C18H38O2SSi3/c1-9-10-12-17-14-15-21-18(17)13-11-16-23(5,6)20-24(7,8)19-22(2,3)4/h14-15H,9-13,16H2,1-8H3. The molecule has 24 heavy (non-hydrogen) atoms. The van der Waals surface area contributed by atoms with Crippen molar-refractivity contribution >= 4 is 36.5 Å². The average Bonchev–Trinajstić information content (AvgIpc) is 2.79. The highest BCUT2D eigenvalue weighted by atomic mass is 32.1. The molecular formula is C18H38O2SSi3. The maximum absolute atomic E-state index is 6.61. The molecule has 0 spiro atoms. The molecule has 0 aliphatic heterocycles. The van der Waals surface area contributed by atoms with Crippen molar-refractivity contribution in [3.05, 3.63) is 21.9 Å². The van der Waals surface area contributed by atoms with Crippen LogP contribution in [0.5, 0.6) is 0 Å². The van der Waals surface area contributed by atoms with Crippen LogP contribution in [0, 0.1) is 0 Å². The second-order valence-electron chi connectivity index (χ2n) is 8.80. The predicted octanol–water partition coefficient (Wildman–Crippen LogP) is 6.80. The Labute approximate surface area is 157 Å². The number of unbranched alkanes of at least 4 members (excludes halogenated alkanes) is 1. The first-order valence-corrected chi connectivity index (χ1v) is 19.6. The molecule has 2 nitrogen and oxygen atoms in total. The summed E-state index contributed by atoms with van der Waals surface area (Å²) >= 11 is 1.94. The fourth-order valence-corrected chi connectivity index (χ4v) is 17.5. The Balaban J connectivity index is 2.49. The molecule has 1 aromatic heterocycles. The Hall–Kier alpha value is 0.271. The maximum atomic E-state index is 6.61. The van der Waals surface area contributed by atoms with Crippen molar-refractivity contribution in [3.63, 3.8) is 0 Å². The van der Waals surface area contributed by atoms with Crippen molar-refractivity contribution in [2.75, 3.05) is 0 Å². The lowest BCUT2D eigenvalue weighted by Crippen LogP contribution is -2.51. The van der Waals surface area contributed by atoms with Crippen LogP contribution in [-0.4, -0.2) is 25.2 Å². The second kappa shape index (κ2) is 9.28. The highest BCUT2D eigenvalue weighted by Gasteiger charge is 2.37. The van der Waals surface area contributed by atoms with Gasteiger partial charge in [-0.1, -0.05) is 13.3 Å². The molecule has 1 aromatic rings. The van der Waals surface area contributed by atoms with Gasteiger partial charge in [0.05, 0.1) is 0 Å². The van der Waals surface area contributed by atoms with E-state index in [1.165, 1.54) is 38.1 Å². The van der Waals surface area contributed by atoms with Gasteiger partial charge in [0, 0.05) is 4.88 Å². The van der Waals surface area contributed by atoms with Gasteiger partial charge >= 0.3 is 8.56 Å². The van der Waals surface area contributed by atoms with Crippen LogP contribution in [0.25, 0.3) is 0 Å². The van der Waals surface area contributed by atoms with Crippen LogP contribution in [0.15, 0.2) is 11.4 Å². The summed E-state index contributed by atoms with van der Waals surface area (Å²) in [6.45, 7) is 18.2. The summed E-state index contributed by atoms with van der Waals surface area (Å²) in [5.41, 5.74) is 1.58. The number of thiophene rings is 1. The topological polar surface area (TPSA) is 18.5 Å². The van der Waals surface area contributed by atoms with Gasteiger partial charge in [-0.15, -0.1) is 11.3 Å². The molecule has 6 heteroatoms. The van der Waals surface area contributed by atoms with E-state index in [-0.39, 0.29) is 0 Å². The zero-order chi connectivity index (χ0) is 18.4. The minimum Gasteiger partial charge on any atom is -0.437 e. The lowest BCUT2D eigenvalue weighted by atomic mass is 10.1. The third kappa shape index (κ3) is 9.10. The third-order valence-corrected chi connectivity index (χ3v) is 15.1. The van der Waals surface area contributed by atoms with Crippen LogP contribution in [0.1, 0.15) is 36.6 Å². The summed E-state index contributed by atoms with van der Waals surface area (Å²) in [6.07, 6.45) is 6.29. The van der Waals surface area contributed by atoms with Crippen LogP contribution in [0.4, 0.5) is 0 Å². The largest absolute Gasteiger partial charge is 0.437 e. The fourth-order valence-electron chi connectivity index (χ4n) is 3.33. The lowest BCUT2D eigenvalue weighted by molar-refractivity contribution is 0.391. The van der Waals surface area contributed by atoms with Gasteiger partial charge in [-0.3, -0.25) is 0 Å². The van der Waals surface area contributed by atoms with Crippen LogP contribution in [0.2, 0.25) is 51.9 Å². The maximum Gasteiger partial charge on any atom is 0.311 e. The van der Waals surface area contributed by atoms with E-state index in [0.29, 0.717) is 0 Å². The summed E-state index contributed by atoms with van der Waals surface area (Å²) in [7, 11) is -5.17. The smallest absolute Gasteiger partial charge is 0.311 e. The SMILES string of the molecule is CCCCc1ccsc1CCC[Si](C)(C)O[Si](C)(C)O[Si](C)(C)C. The highest BCUT2D eigenvalue weighted by molar-refractivity contribution is 7.10. The van der Waals surface area contributed by atoms with Gasteiger partial charge < -0.3 is 8.23 Å². The molecule has 140 valence electrons. The first kappa shape index (κ1) is 22.3. The summed E-state index contributed by atoms with van der Waals surface area (Å²) in [4.78, 5) is 1.60. The van der Waals surface area contributed by atoms with Crippen LogP contribution in [-0.2, 0) is 21.1 Å². The minimum absolute atomic E-state index is 1.22. The summed E-state index contributed by atoms with van der Waals surface area (Å²) < 4.78 is 13.0. The quantitative estimate of drug-likeness (QED) is 0.379. The molecule has 0 amide bonds. The Bertz CT molecular complexity index is 493. The Morgan fingerprint density at radius 2 is 1.58 bits per heavy atom. The normalized spacial score (nSPS) is 13.5. The van der Waals surface area contributed by atoms with Gasteiger partial charge in [0.2, 0.25) is 0 Å². The van der Waals surface area contributed by atoms with E-state index in [2.05, 4.69) is 64.2 Å². The number of hydrogen-bond acceptors (Lipinski definition) is 3. The predicted molar refractivity (Wildman–Crippen MR) is 117 cm³/mol. The summed E-state index contributed by atoms with van der Waals surface area (Å²) in [5.74, 6) is 0. The lowest BCUT2D eigenvalue weighted by Gasteiger charge is -2.37. The van der Waals surface area contributed by atoms with Crippen molar-refractivity contribution in [1.29, 1.82) is 0 Å². The molecule has 0 saturated heterocycles. The van der Waals surface area contributed by atoms with Gasteiger partial charge in [0.25, 0.3) is 0 Å². The van der Waals surface area contributed by atoms with Crippen molar-refractivity contribution in [3.8, 4) is 0 Å². The molecule has 0 N–H and O–H groups in total. The van der Waals surface area contributed by atoms with Gasteiger partial charge in [-0.05, 0) is 94.6 Å². The molecule has 0 fully saturated rings. The summed E-state index contributed by atoms with van der Waals surface area (Å²) in [5, 5.41) is 2.26. The fraction of sp³-hybridized carbons (Fsp3) is 0.778. The molecule has 0 saturated carbocycles. The first-order valence-electron chi connectivity index (χ1n) is 9.40. The van der Waals surface area contributed by atoms with E-state index in [1.807, 2.05) is 11.3 Å². The van der Waals surface area contributed by atoms with Crippen LogP contribution in [0.3, 0.4) is 0 Å². The van der Waals surface area contributed by atoms with Crippen LogP contribution < -0.4 is 0 Å². The molecule has 0 unspecified atom stereocenters. The van der Waals surface area contributed by atoms with Crippen molar-refractivity contribution < 1.29 is 8.23 Å². The van der Waals surface area contributed by atoms with Crippen molar-refractivity contribution in [2.45, 2.75) is 90.9 Å². The molecular weight excluding hydrogens is 365 g/mol. The van der Waals surface area contributed by atoms with Gasteiger partial charge in [-0.2, -0.15) is 0 Å². The number of aryl methyl sites for hydroxylation is 2. The number of rotatable bonds is 11. The molecule has 0 aliphatic carbocycles. The van der Waals surface area contributed by atoms with E-state index in [4.69, 9.17) is 8.23 Å². The van der Waals surface area contributed by atoms with E-state index >= 15 is 0 Å². The van der Waals surface area contributed by atoms with Gasteiger partial charge in [-0.25, -0.2) is 0 Å². The molecule has 0 aromatic carbocycles. The molecule has 0 radical (unpaired) electrons. The molecule has 0 aliphatic rings. The number of hydrogen-bond donors (Lipinski definition) is 0. The van der Waals surface area contributed by atoms with E-state index in [9.17, 15) is 0 Å². The van der Waals surface area contributed by atoms with E-state index in [1.54, 1.807) is 10.4 Å². The van der Waals surface area contributed by atoms with Gasteiger partial charge in [0.1, 0.15) is 0 Å². The van der Waals surface area contributed by atoms with Gasteiger partial charge in [0.15, 0.2) is 16.6 Å². The Morgan fingerprint density at radius 3 is 2.17 bits per heavy atom. The zero-order valence-electron chi connectivity index (χ0n) is 17.1. The average molecular weight is 403 g/mol. The van der Waals surface area contributed by atoms with E-state index < -0.39 is 25.2 Å². The van der Waals surface area contributed by atoms with E-state index in [0.717, 1.165) is 0 Å². The minimum atomic E-state index is -1.99. The zero-order valence-corrected chi connectivity index (χ0v) is 20.9. The van der Waals surface area contributed by atoms with Crippen molar-refractivity contribution in [2.24, 2.45) is 0 Å². The molecule has 1 rings (SSSR count).